The van der Waals surface area contributed by atoms with Crippen molar-refractivity contribution in [1.29, 1.82) is 0 Å². The van der Waals surface area contributed by atoms with Crippen LogP contribution in [0.5, 0.6) is 0 Å². The summed E-state index contributed by atoms with van der Waals surface area (Å²) >= 11 is 1.46. The molecule has 0 N–H and O–H groups in total. The molecule has 1 aliphatic rings. The Morgan fingerprint density at radius 1 is 1.64 bits per heavy atom. The fourth-order valence-corrected chi connectivity index (χ4v) is 2.69. The highest BCUT2D eigenvalue weighted by Crippen LogP contribution is 2.45. The van der Waals surface area contributed by atoms with Crippen molar-refractivity contribution >= 4 is 17.1 Å². The van der Waals surface area contributed by atoms with Crippen molar-refractivity contribution in [2.75, 3.05) is 7.11 Å². The summed E-state index contributed by atoms with van der Waals surface area (Å²) in [5.74, 6) is 0.0827. The lowest BCUT2D eigenvalue weighted by Crippen LogP contribution is -2.35. The van der Waals surface area contributed by atoms with Gasteiger partial charge in [-0.1, -0.05) is 0 Å². The molecule has 0 amide bonds. The molecule has 0 aliphatic heterocycles. The van der Waals surface area contributed by atoms with Crippen LogP contribution in [0.4, 0.5) is 0 Å². The van der Waals surface area contributed by atoms with Crippen LogP contribution >= 0.6 is 11.3 Å². The van der Waals surface area contributed by atoms with E-state index in [0.717, 1.165) is 22.7 Å². The third-order valence-corrected chi connectivity index (χ3v) is 4.08. The van der Waals surface area contributed by atoms with Gasteiger partial charge in [0.15, 0.2) is 5.78 Å². The smallest absolute Gasteiger partial charge is 0.171 e. The van der Waals surface area contributed by atoms with Gasteiger partial charge in [0.1, 0.15) is 10.6 Å². The molecule has 14 heavy (non-hydrogen) atoms. The molecule has 0 atom stereocenters. The second-order valence-electron chi connectivity index (χ2n) is 3.64. The van der Waals surface area contributed by atoms with Crippen molar-refractivity contribution in [3.8, 4) is 0 Å². The van der Waals surface area contributed by atoms with Crippen LogP contribution < -0.4 is 0 Å². The second kappa shape index (κ2) is 3.44. The van der Waals surface area contributed by atoms with Crippen molar-refractivity contribution < 1.29 is 9.53 Å². The van der Waals surface area contributed by atoms with Gasteiger partial charge in [0.25, 0.3) is 0 Å². The van der Waals surface area contributed by atoms with Gasteiger partial charge in [-0.15, -0.1) is 11.3 Å². The van der Waals surface area contributed by atoms with E-state index in [0.29, 0.717) is 0 Å². The zero-order valence-corrected chi connectivity index (χ0v) is 9.19. The van der Waals surface area contributed by atoms with Crippen molar-refractivity contribution in [1.82, 2.24) is 4.98 Å². The van der Waals surface area contributed by atoms with Crippen molar-refractivity contribution in [2.24, 2.45) is 0 Å². The van der Waals surface area contributed by atoms with E-state index in [9.17, 15) is 4.79 Å². The predicted molar refractivity (Wildman–Crippen MR) is 54.7 cm³/mol. The normalized spacial score (nSPS) is 19.0. The third kappa shape index (κ3) is 1.38. The maximum absolute atomic E-state index is 11.1. The predicted octanol–water partition coefficient (Wildman–Crippen LogP) is 2.37. The molecule has 0 unspecified atom stereocenters. The Morgan fingerprint density at radius 2 is 2.36 bits per heavy atom. The van der Waals surface area contributed by atoms with E-state index in [-0.39, 0.29) is 11.4 Å². The molecule has 1 aromatic rings. The first kappa shape index (κ1) is 9.80. The van der Waals surface area contributed by atoms with Crippen molar-refractivity contribution in [3.63, 3.8) is 0 Å². The van der Waals surface area contributed by atoms with E-state index in [1.807, 2.05) is 0 Å². The van der Waals surface area contributed by atoms with Gasteiger partial charge in [-0.3, -0.25) is 4.79 Å². The molecule has 1 fully saturated rings. The Kier molecular flexibility index (Phi) is 2.41. The van der Waals surface area contributed by atoms with Crippen molar-refractivity contribution in [3.05, 3.63) is 16.1 Å². The SMILES string of the molecule is COC1(c2ncc(C(C)=O)s2)CCC1. The van der Waals surface area contributed by atoms with Gasteiger partial charge in [0, 0.05) is 20.2 Å². The van der Waals surface area contributed by atoms with E-state index in [4.69, 9.17) is 4.74 Å². The lowest BCUT2D eigenvalue weighted by molar-refractivity contribution is -0.0779. The van der Waals surface area contributed by atoms with E-state index in [2.05, 4.69) is 4.98 Å². The Balaban J connectivity index is 2.27. The van der Waals surface area contributed by atoms with E-state index in [1.165, 1.54) is 17.8 Å². The van der Waals surface area contributed by atoms with Crippen LogP contribution in [-0.2, 0) is 10.3 Å². The number of ether oxygens (including phenoxy) is 1. The summed E-state index contributed by atoms with van der Waals surface area (Å²) in [5, 5.41) is 0.955. The van der Waals surface area contributed by atoms with Crippen LogP contribution in [0.2, 0.25) is 0 Å². The standard InChI is InChI=1S/C10H13NO2S/c1-7(12)8-6-11-9(14-8)10(13-2)4-3-5-10/h6H,3-5H2,1-2H3. The van der Waals surface area contributed by atoms with Crippen LogP contribution in [0.3, 0.4) is 0 Å². The third-order valence-electron chi connectivity index (χ3n) is 2.79. The summed E-state index contributed by atoms with van der Waals surface area (Å²) in [6, 6.07) is 0. The molecular formula is C10H13NO2S. The number of ketones is 1. The maximum Gasteiger partial charge on any atom is 0.171 e. The van der Waals surface area contributed by atoms with E-state index < -0.39 is 0 Å². The van der Waals surface area contributed by atoms with Crippen molar-refractivity contribution in [2.45, 2.75) is 31.8 Å². The zero-order chi connectivity index (χ0) is 10.2. The highest BCUT2D eigenvalue weighted by atomic mass is 32.1. The summed E-state index contributed by atoms with van der Waals surface area (Å²) in [7, 11) is 1.72. The number of carbonyl (C=O) groups is 1. The summed E-state index contributed by atoms with van der Waals surface area (Å²) in [6.45, 7) is 1.57. The summed E-state index contributed by atoms with van der Waals surface area (Å²) in [4.78, 5) is 16.1. The minimum absolute atomic E-state index is 0.0827. The number of nitrogens with zero attached hydrogens (tertiary/aromatic N) is 1. The average molecular weight is 211 g/mol. The first-order valence-electron chi connectivity index (χ1n) is 4.70. The Labute approximate surface area is 87.1 Å². The number of Topliss-reactive ketones (excluding diaryl/α,β-unsaturated/α-hetero) is 1. The second-order valence-corrected chi connectivity index (χ2v) is 4.67. The molecular weight excluding hydrogens is 198 g/mol. The minimum atomic E-state index is -0.182. The summed E-state index contributed by atoms with van der Waals surface area (Å²) in [6.07, 6.45) is 4.88. The molecule has 4 heteroatoms. The fourth-order valence-electron chi connectivity index (χ4n) is 1.65. The number of aromatic nitrogens is 1. The van der Waals surface area contributed by atoms with Gasteiger partial charge in [-0.25, -0.2) is 4.98 Å². The highest BCUT2D eigenvalue weighted by molar-refractivity contribution is 7.13. The lowest BCUT2D eigenvalue weighted by Gasteiger charge is -2.38. The van der Waals surface area contributed by atoms with Gasteiger partial charge in [0.05, 0.1) is 4.88 Å². The van der Waals surface area contributed by atoms with Crippen LogP contribution in [0, 0.1) is 0 Å². The van der Waals surface area contributed by atoms with Gasteiger partial charge >= 0.3 is 0 Å². The molecule has 0 bridgehead atoms. The first-order chi connectivity index (χ1) is 6.68. The molecule has 1 heterocycles. The number of rotatable bonds is 3. The molecule has 1 saturated carbocycles. The van der Waals surface area contributed by atoms with Gasteiger partial charge in [-0.05, 0) is 19.3 Å². The van der Waals surface area contributed by atoms with Gasteiger partial charge in [0.2, 0.25) is 0 Å². The minimum Gasteiger partial charge on any atom is -0.371 e. The van der Waals surface area contributed by atoms with Crippen LogP contribution in [0.25, 0.3) is 0 Å². The number of thiazole rings is 1. The Hall–Kier alpha value is -0.740. The maximum atomic E-state index is 11.1. The number of hydrogen-bond donors (Lipinski definition) is 0. The Morgan fingerprint density at radius 3 is 2.71 bits per heavy atom. The van der Waals surface area contributed by atoms with E-state index >= 15 is 0 Å². The zero-order valence-electron chi connectivity index (χ0n) is 8.37. The van der Waals surface area contributed by atoms with Crippen LogP contribution in [0.1, 0.15) is 40.9 Å². The number of methoxy groups -OCH3 is 1. The number of carbonyl (C=O) groups excluding carboxylic acids is 1. The fraction of sp³-hybridized carbons (Fsp3) is 0.600. The van der Waals surface area contributed by atoms with E-state index in [1.54, 1.807) is 20.2 Å². The largest absolute Gasteiger partial charge is 0.371 e. The van der Waals surface area contributed by atoms with Gasteiger partial charge in [-0.2, -0.15) is 0 Å². The highest BCUT2D eigenvalue weighted by Gasteiger charge is 2.41. The number of hydrogen-bond acceptors (Lipinski definition) is 4. The quantitative estimate of drug-likeness (QED) is 0.720. The Bertz CT molecular complexity index is 349. The molecule has 1 aliphatic carbocycles. The molecule has 0 saturated heterocycles. The molecule has 0 aromatic carbocycles. The average Bonchev–Trinajstić information content (AvgIpc) is 2.52. The van der Waals surface area contributed by atoms with Crippen LogP contribution in [0.15, 0.2) is 6.20 Å². The topological polar surface area (TPSA) is 39.2 Å². The monoisotopic (exact) mass is 211 g/mol. The molecule has 1 aromatic heterocycles. The lowest BCUT2D eigenvalue weighted by atomic mass is 9.80. The first-order valence-corrected chi connectivity index (χ1v) is 5.52. The molecule has 0 radical (unpaired) electrons. The molecule has 0 spiro atoms. The molecule has 2 rings (SSSR count). The molecule has 76 valence electrons. The molecule has 3 nitrogen and oxygen atoms in total. The summed E-state index contributed by atoms with van der Waals surface area (Å²) < 4.78 is 5.49. The summed E-state index contributed by atoms with van der Waals surface area (Å²) in [5.41, 5.74) is -0.182. The van der Waals surface area contributed by atoms with Gasteiger partial charge < -0.3 is 4.74 Å². The van der Waals surface area contributed by atoms with Crippen LogP contribution in [-0.4, -0.2) is 17.9 Å².